The van der Waals surface area contributed by atoms with Crippen molar-refractivity contribution >= 4 is 0 Å². The van der Waals surface area contributed by atoms with Crippen LogP contribution in [0.25, 0.3) is 0 Å². The van der Waals surface area contributed by atoms with E-state index in [2.05, 4.69) is 29.1 Å². The van der Waals surface area contributed by atoms with Gasteiger partial charge in [0.2, 0.25) is 0 Å². The standard InChI is InChI=1S/C12H15N3/c1-9-10(3-5-13)7-11-8-15(2)6-4-12(11)14-9/h7H,3-4,6,8H2,1-2H3. The van der Waals surface area contributed by atoms with Crippen LogP contribution >= 0.6 is 0 Å². The fraction of sp³-hybridized carbons (Fsp3) is 0.500. The number of hydrogen-bond donors (Lipinski definition) is 0. The maximum absolute atomic E-state index is 8.71. The van der Waals surface area contributed by atoms with Gasteiger partial charge in [-0.05, 0) is 31.2 Å². The summed E-state index contributed by atoms with van der Waals surface area (Å²) in [5.74, 6) is 0. The van der Waals surface area contributed by atoms with Crippen LogP contribution in [0.4, 0.5) is 0 Å². The van der Waals surface area contributed by atoms with Crippen LogP contribution in [0.2, 0.25) is 0 Å². The molecule has 3 nitrogen and oxygen atoms in total. The number of aromatic nitrogens is 1. The molecule has 1 aromatic rings. The molecule has 2 heterocycles. The number of hydrogen-bond acceptors (Lipinski definition) is 3. The normalized spacial score (nSPS) is 15.8. The summed E-state index contributed by atoms with van der Waals surface area (Å²) in [6, 6.07) is 4.34. The smallest absolute Gasteiger partial charge is 0.0670 e. The van der Waals surface area contributed by atoms with E-state index in [0.717, 1.165) is 30.8 Å². The lowest BCUT2D eigenvalue weighted by Gasteiger charge is -2.25. The molecule has 1 aliphatic rings. The maximum atomic E-state index is 8.71. The number of fused-ring (bicyclic) bond motifs is 1. The van der Waals surface area contributed by atoms with Crippen molar-refractivity contribution in [1.82, 2.24) is 9.88 Å². The summed E-state index contributed by atoms with van der Waals surface area (Å²) < 4.78 is 0. The van der Waals surface area contributed by atoms with Crippen molar-refractivity contribution in [3.63, 3.8) is 0 Å². The number of pyridine rings is 1. The van der Waals surface area contributed by atoms with E-state index in [1.165, 1.54) is 11.3 Å². The first-order chi connectivity index (χ1) is 7.20. The lowest BCUT2D eigenvalue weighted by Crippen LogP contribution is -2.27. The molecule has 0 spiro atoms. The van der Waals surface area contributed by atoms with Crippen molar-refractivity contribution in [3.05, 3.63) is 28.6 Å². The summed E-state index contributed by atoms with van der Waals surface area (Å²) in [7, 11) is 2.12. The highest BCUT2D eigenvalue weighted by atomic mass is 15.1. The third-order valence-corrected chi connectivity index (χ3v) is 2.93. The van der Waals surface area contributed by atoms with Crippen molar-refractivity contribution in [2.24, 2.45) is 0 Å². The zero-order valence-corrected chi connectivity index (χ0v) is 9.25. The summed E-state index contributed by atoms with van der Waals surface area (Å²) in [6.07, 6.45) is 1.50. The lowest BCUT2D eigenvalue weighted by molar-refractivity contribution is 0.309. The zero-order chi connectivity index (χ0) is 10.8. The lowest BCUT2D eigenvalue weighted by atomic mass is 10.0. The Bertz CT molecular complexity index is 418. The molecular formula is C12H15N3. The average molecular weight is 201 g/mol. The molecule has 0 aliphatic carbocycles. The summed E-state index contributed by atoms with van der Waals surface area (Å²) >= 11 is 0. The van der Waals surface area contributed by atoms with Crippen molar-refractivity contribution in [3.8, 4) is 6.07 Å². The largest absolute Gasteiger partial charge is 0.302 e. The van der Waals surface area contributed by atoms with Gasteiger partial charge in [-0.1, -0.05) is 0 Å². The van der Waals surface area contributed by atoms with Gasteiger partial charge in [-0.3, -0.25) is 4.98 Å². The van der Waals surface area contributed by atoms with E-state index in [-0.39, 0.29) is 0 Å². The molecule has 78 valence electrons. The highest BCUT2D eigenvalue weighted by Gasteiger charge is 2.15. The second-order valence-corrected chi connectivity index (χ2v) is 4.16. The van der Waals surface area contributed by atoms with Crippen molar-refractivity contribution in [1.29, 1.82) is 5.26 Å². The molecule has 0 bridgehead atoms. The molecule has 0 saturated carbocycles. The number of aryl methyl sites for hydroxylation is 1. The quantitative estimate of drug-likeness (QED) is 0.690. The molecule has 1 aliphatic heterocycles. The van der Waals surface area contributed by atoms with Gasteiger partial charge in [0.1, 0.15) is 0 Å². The third-order valence-electron chi connectivity index (χ3n) is 2.93. The van der Waals surface area contributed by atoms with E-state index >= 15 is 0 Å². The van der Waals surface area contributed by atoms with E-state index in [9.17, 15) is 0 Å². The second-order valence-electron chi connectivity index (χ2n) is 4.16. The maximum Gasteiger partial charge on any atom is 0.0670 e. The van der Waals surface area contributed by atoms with Gasteiger partial charge in [0, 0.05) is 30.9 Å². The molecular weight excluding hydrogens is 186 g/mol. The minimum absolute atomic E-state index is 0.468. The van der Waals surface area contributed by atoms with Crippen LogP contribution in [-0.4, -0.2) is 23.5 Å². The van der Waals surface area contributed by atoms with E-state index in [0.29, 0.717) is 6.42 Å². The second kappa shape index (κ2) is 4.00. The van der Waals surface area contributed by atoms with Crippen LogP contribution in [0, 0.1) is 18.3 Å². The van der Waals surface area contributed by atoms with E-state index in [1.807, 2.05) is 6.92 Å². The van der Waals surface area contributed by atoms with Crippen LogP contribution in [0.3, 0.4) is 0 Å². The number of nitriles is 1. The van der Waals surface area contributed by atoms with Crippen LogP contribution in [0.5, 0.6) is 0 Å². The molecule has 15 heavy (non-hydrogen) atoms. The highest BCUT2D eigenvalue weighted by Crippen LogP contribution is 2.19. The monoisotopic (exact) mass is 201 g/mol. The Morgan fingerprint density at radius 2 is 2.40 bits per heavy atom. The van der Waals surface area contributed by atoms with Gasteiger partial charge >= 0.3 is 0 Å². The Labute approximate surface area is 90.4 Å². The van der Waals surface area contributed by atoms with Crippen LogP contribution in [0.1, 0.15) is 22.5 Å². The highest BCUT2D eigenvalue weighted by molar-refractivity contribution is 5.33. The van der Waals surface area contributed by atoms with Gasteiger partial charge in [0.15, 0.2) is 0 Å². The number of nitrogens with zero attached hydrogens (tertiary/aromatic N) is 3. The SMILES string of the molecule is Cc1nc2c(cc1CC#N)CN(C)CC2. The molecule has 0 saturated heterocycles. The first kappa shape index (κ1) is 10.1. The van der Waals surface area contributed by atoms with Crippen molar-refractivity contribution < 1.29 is 0 Å². The minimum Gasteiger partial charge on any atom is -0.302 e. The predicted octanol–water partition coefficient (Wildman–Crippen LogP) is 1.44. The predicted molar refractivity (Wildman–Crippen MR) is 58.3 cm³/mol. The van der Waals surface area contributed by atoms with E-state index < -0.39 is 0 Å². The third kappa shape index (κ3) is 2.00. The van der Waals surface area contributed by atoms with Crippen molar-refractivity contribution in [2.45, 2.75) is 26.3 Å². The first-order valence-electron chi connectivity index (χ1n) is 5.24. The van der Waals surface area contributed by atoms with E-state index in [4.69, 9.17) is 5.26 Å². The van der Waals surface area contributed by atoms with Crippen LogP contribution in [-0.2, 0) is 19.4 Å². The Balaban J connectivity index is 2.39. The van der Waals surface area contributed by atoms with Crippen LogP contribution < -0.4 is 0 Å². The summed E-state index contributed by atoms with van der Waals surface area (Å²) in [5.41, 5.74) is 4.60. The molecule has 0 aromatic carbocycles. The summed E-state index contributed by atoms with van der Waals surface area (Å²) in [4.78, 5) is 6.88. The minimum atomic E-state index is 0.468. The summed E-state index contributed by atoms with van der Waals surface area (Å²) in [5, 5.41) is 8.71. The molecule has 0 amide bonds. The number of rotatable bonds is 1. The molecule has 1 aromatic heterocycles. The Morgan fingerprint density at radius 3 is 3.13 bits per heavy atom. The molecule has 0 radical (unpaired) electrons. The zero-order valence-electron chi connectivity index (χ0n) is 9.25. The van der Waals surface area contributed by atoms with Gasteiger partial charge in [0.25, 0.3) is 0 Å². The number of likely N-dealkylation sites (N-methyl/N-ethyl adjacent to an activating group) is 1. The van der Waals surface area contributed by atoms with Gasteiger partial charge < -0.3 is 4.90 Å². The fourth-order valence-electron chi connectivity index (χ4n) is 2.03. The molecule has 0 unspecified atom stereocenters. The van der Waals surface area contributed by atoms with Crippen molar-refractivity contribution in [2.75, 3.05) is 13.6 Å². The first-order valence-corrected chi connectivity index (χ1v) is 5.24. The molecule has 2 rings (SSSR count). The fourth-order valence-corrected chi connectivity index (χ4v) is 2.03. The Kier molecular flexibility index (Phi) is 2.70. The average Bonchev–Trinajstić information content (AvgIpc) is 2.20. The van der Waals surface area contributed by atoms with E-state index in [1.54, 1.807) is 0 Å². The molecule has 3 heteroatoms. The Hall–Kier alpha value is -1.40. The topological polar surface area (TPSA) is 39.9 Å². The molecule has 0 atom stereocenters. The van der Waals surface area contributed by atoms with Gasteiger partial charge in [0.05, 0.1) is 12.5 Å². The molecule has 0 N–H and O–H groups in total. The van der Waals surface area contributed by atoms with Crippen LogP contribution in [0.15, 0.2) is 6.07 Å². The molecule has 0 fully saturated rings. The van der Waals surface area contributed by atoms with Gasteiger partial charge in [-0.2, -0.15) is 5.26 Å². The summed E-state index contributed by atoms with van der Waals surface area (Å²) in [6.45, 7) is 4.03. The Morgan fingerprint density at radius 1 is 1.60 bits per heavy atom. The van der Waals surface area contributed by atoms with Gasteiger partial charge in [-0.25, -0.2) is 0 Å². The van der Waals surface area contributed by atoms with Gasteiger partial charge in [-0.15, -0.1) is 0 Å².